The highest BCUT2D eigenvalue weighted by molar-refractivity contribution is 6.24. The van der Waals surface area contributed by atoms with Gasteiger partial charge in [0.15, 0.2) is 11.4 Å². The molecule has 41 heavy (non-hydrogen) atoms. The summed E-state index contributed by atoms with van der Waals surface area (Å²) in [6.45, 7) is 0. The number of rotatable bonds is 6. The average molecular weight is 569 g/mol. The van der Waals surface area contributed by atoms with Crippen LogP contribution in [-0.4, -0.2) is 80.6 Å². The fourth-order valence-corrected chi connectivity index (χ4v) is 7.33. The third-order valence-electron chi connectivity index (χ3n) is 9.26. The zero-order valence-electron chi connectivity index (χ0n) is 23.1. The van der Waals surface area contributed by atoms with Crippen molar-refractivity contribution in [2.24, 2.45) is 23.5 Å². The van der Waals surface area contributed by atoms with Gasteiger partial charge in [-0.2, -0.15) is 0 Å². The number of esters is 1. The Morgan fingerprint density at radius 2 is 1.78 bits per heavy atom. The number of amides is 1. The molecule has 2 fully saturated rings. The SMILES string of the molecule is CN(C)[C@H]1C(=O)C(C(N)=O)=C(O)[C@]2(O)C(=O)C3=C(O)c4c(O)cccc4C[C@@H]3[C@@H](OC(=O)CCC3CCCCC3)[C@H]12. The number of primary amides is 1. The van der Waals surface area contributed by atoms with E-state index in [4.69, 9.17) is 10.5 Å². The van der Waals surface area contributed by atoms with Gasteiger partial charge in [0.25, 0.3) is 5.91 Å². The van der Waals surface area contributed by atoms with Crippen LogP contribution in [-0.2, 0) is 30.3 Å². The van der Waals surface area contributed by atoms with Gasteiger partial charge in [-0.1, -0.05) is 44.2 Å². The summed E-state index contributed by atoms with van der Waals surface area (Å²) >= 11 is 0. The number of ketones is 2. The Labute approximate surface area is 237 Å². The van der Waals surface area contributed by atoms with Crippen molar-refractivity contribution in [2.75, 3.05) is 14.1 Å². The second-order valence-electron chi connectivity index (χ2n) is 11.9. The minimum absolute atomic E-state index is 0.0221. The van der Waals surface area contributed by atoms with Crippen LogP contribution in [0.3, 0.4) is 0 Å². The van der Waals surface area contributed by atoms with Gasteiger partial charge in [0, 0.05) is 17.9 Å². The van der Waals surface area contributed by atoms with E-state index in [2.05, 4.69) is 0 Å². The van der Waals surface area contributed by atoms with Gasteiger partial charge >= 0.3 is 5.97 Å². The third-order valence-corrected chi connectivity index (χ3v) is 9.26. The number of Topliss-reactive ketones (excluding diaryl/α,β-unsaturated/α-hetero) is 2. The molecule has 2 saturated carbocycles. The molecule has 11 nitrogen and oxygen atoms in total. The van der Waals surface area contributed by atoms with Gasteiger partial charge in [0.1, 0.15) is 28.9 Å². The van der Waals surface area contributed by atoms with Crippen LogP contribution in [0.15, 0.2) is 35.1 Å². The molecule has 1 aromatic rings. The van der Waals surface area contributed by atoms with Gasteiger partial charge in [-0.3, -0.25) is 24.1 Å². The Hall–Kier alpha value is -3.70. The summed E-state index contributed by atoms with van der Waals surface area (Å²) in [5, 5.41) is 45.0. The molecule has 6 N–H and O–H groups in total. The zero-order valence-corrected chi connectivity index (χ0v) is 23.1. The number of hydrogen-bond acceptors (Lipinski definition) is 10. The van der Waals surface area contributed by atoms with Crippen LogP contribution >= 0.6 is 0 Å². The predicted octanol–water partition coefficient (Wildman–Crippen LogP) is 1.85. The van der Waals surface area contributed by atoms with Crippen LogP contribution in [0.2, 0.25) is 0 Å². The minimum Gasteiger partial charge on any atom is -0.508 e. The van der Waals surface area contributed by atoms with Gasteiger partial charge in [0.05, 0.1) is 17.5 Å². The number of nitrogens with two attached hydrogens (primary N) is 1. The lowest BCUT2D eigenvalue weighted by molar-refractivity contribution is -0.184. The van der Waals surface area contributed by atoms with E-state index in [1.165, 1.54) is 31.5 Å². The standard InChI is InChI=1S/C30H36N2O9/c1-32(2)23-22-26(41-18(34)12-11-14-7-4-3-5-8-14)16-13-15-9-6-10-17(33)19(15)24(35)20(16)27(37)30(22,40)28(38)21(25(23)36)29(31)39/h6,9-10,14,16,22-23,26,33,35,38,40H,3-5,7-8,11-13H2,1-2H3,(H2,31,39)/t16-,22-,23+,26+,30+/m0/s1. The second-order valence-corrected chi connectivity index (χ2v) is 11.9. The first-order chi connectivity index (χ1) is 19.4. The molecule has 0 spiro atoms. The molecule has 0 radical (unpaired) electrons. The molecule has 0 aliphatic heterocycles. The number of likely N-dealkylation sites (N-methyl/N-ethyl adjacent to an activating group) is 1. The summed E-state index contributed by atoms with van der Waals surface area (Å²) in [4.78, 5) is 54.6. The first kappa shape index (κ1) is 28.8. The number of nitrogens with zero attached hydrogens (tertiary/aromatic N) is 1. The maximum atomic E-state index is 14.1. The Balaban J connectivity index is 1.65. The van der Waals surface area contributed by atoms with Crippen molar-refractivity contribution in [1.29, 1.82) is 0 Å². The summed E-state index contributed by atoms with van der Waals surface area (Å²) in [7, 11) is 2.99. The molecule has 0 heterocycles. The largest absolute Gasteiger partial charge is 0.508 e. The molecule has 5 atom stereocenters. The maximum Gasteiger partial charge on any atom is 0.306 e. The number of carbonyl (C=O) groups is 4. The lowest BCUT2D eigenvalue weighted by atomic mass is 9.56. The van der Waals surface area contributed by atoms with E-state index in [1.54, 1.807) is 12.1 Å². The Morgan fingerprint density at radius 1 is 1.10 bits per heavy atom. The number of aliphatic hydroxyl groups excluding tert-OH is 2. The van der Waals surface area contributed by atoms with E-state index >= 15 is 0 Å². The quantitative estimate of drug-likeness (QED) is 0.250. The van der Waals surface area contributed by atoms with Crippen LogP contribution in [0.5, 0.6) is 5.75 Å². The summed E-state index contributed by atoms with van der Waals surface area (Å²) in [6.07, 6.45) is 4.74. The fourth-order valence-electron chi connectivity index (χ4n) is 7.33. The minimum atomic E-state index is -2.93. The topological polar surface area (TPSA) is 188 Å². The van der Waals surface area contributed by atoms with Crippen LogP contribution in [0, 0.1) is 17.8 Å². The highest BCUT2D eigenvalue weighted by atomic mass is 16.5. The molecule has 5 rings (SSSR count). The second kappa shape index (κ2) is 10.6. The van der Waals surface area contributed by atoms with Crippen molar-refractivity contribution in [2.45, 2.75) is 69.1 Å². The first-order valence-corrected chi connectivity index (χ1v) is 14.0. The first-order valence-electron chi connectivity index (χ1n) is 14.0. The molecular weight excluding hydrogens is 532 g/mol. The Bertz CT molecular complexity index is 1370. The van der Waals surface area contributed by atoms with Gasteiger partial charge in [-0.05, 0) is 44.5 Å². The molecule has 220 valence electrons. The molecule has 0 bridgehead atoms. The van der Waals surface area contributed by atoms with Gasteiger partial charge in [-0.25, -0.2) is 0 Å². The summed E-state index contributed by atoms with van der Waals surface area (Å²) in [5.74, 6) is -8.38. The van der Waals surface area contributed by atoms with Crippen molar-refractivity contribution in [1.82, 2.24) is 4.90 Å². The number of benzene rings is 1. The highest BCUT2D eigenvalue weighted by Crippen LogP contribution is 2.53. The number of phenolic OH excluding ortho intramolecular Hbond substituents is 1. The number of ether oxygens (including phenoxy) is 1. The van der Waals surface area contributed by atoms with Crippen LogP contribution in [0.1, 0.15) is 56.1 Å². The van der Waals surface area contributed by atoms with Crippen LogP contribution < -0.4 is 5.73 Å². The third kappa shape index (κ3) is 4.51. The maximum absolute atomic E-state index is 14.1. The van der Waals surface area contributed by atoms with Crippen molar-refractivity contribution in [3.8, 4) is 5.75 Å². The molecule has 1 amide bonds. The van der Waals surface area contributed by atoms with Gasteiger partial charge < -0.3 is 30.9 Å². The van der Waals surface area contributed by atoms with E-state index in [9.17, 15) is 39.6 Å². The van der Waals surface area contributed by atoms with Crippen molar-refractivity contribution in [3.05, 3.63) is 46.2 Å². The van der Waals surface area contributed by atoms with E-state index in [0.717, 1.165) is 25.7 Å². The number of aromatic hydroxyl groups is 1. The monoisotopic (exact) mass is 568 g/mol. The van der Waals surface area contributed by atoms with Gasteiger partial charge in [0.2, 0.25) is 5.78 Å². The lowest BCUT2D eigenvalue weighted by Crippen LogP contribution is -2.70. The van der Waals surface area contributed by atoms with E-state index < -0.39 is 70.1 Å². The lowest BCUT2D eigenvalue weighted by Gasteiger charge is -2.53. The van der Waals surface area contributed by atoms with Gasteiger partial charge in [-0.15, -0.1) is 0 Å². The Kier molecular flexibility index (Phi) is 7.46. The molecule has 11 heteroatoms. The molecule has 4 aliphatic carbocycles. The zero-order chi connectivity index (χ0) is 29.8. The molecule has 4 aliphatic rings. The van der Waals surface area contributed by atoms with Crippen LogP contribution in [0.25, 0.3) is 5.76 Å². The predicted molar refractivity (Wildman–Crippen MR) is 145 cm³/mol. The molecule has 0 aromatic heterocycles. The summed E-state index contributed by atoms with van der Waals surface area (Å²) < 4.78 is 6.01. The number of aliphatic hydroxyl groups is 3. The average Bonchev–Trinajstić information content (AvgIpc) is 2.91. The summed E-state index contributed by atoms with van der Waals surface area (Å²) in [6, 6.07) is 3.16. The summed E-state index contributed by atoms with van der Waals surface area (Å²) in [5.41, 5.74) is 1.62. The smallest absolute Gasteiger partial charge is 0.306 e. The molecule has 0 saturated heterocycles. The molecule has 1 aromatic carbocycles. The van der Waals surface area contributed by atoms with Crippen molar-refractivity contribution < 1.29 is 44.3 Å². The molecule has 0 unspecified atom stereocenters. The van der Waals surface area contributed by atoms with E-state index in [1.807, 2.05) is 0 Å². The van der Waals surface area contributed by atoms with Crippen LogP contribution in [0.4, 0.5) is 0 Å². The van der Waals surface area contributed by atoms with Crippen molar-refractivity contribution >= 4 is 29.2 Å². The normalized spacial score (nSPS) is 30.1. The van der Waals surface area contributed by atoms with E-state index in [-0.39, 0.29) is 29.7 Å². The highest BCUT2D eigenvalue weighted by Gasteiger charge is 2.68. The number of carbonyl (C=O) groups excluding carboxylic acids is 4. The van der Waals surface area contributed by atoms with Crippen molar-refractivity contribution in [3.63, 3.8) is 0 Å². The fraction of sp³-hybridized carbons (Fsp3) is 0.533. The number of fused-ring (bicyclic) bond motifs is 3. The number of phenols is 1. The van der Waals surface area contributed by atoms with E-state index in [0.29, 0.717) is 17.9 Å². The molecular formula is C30H36N2O9. The Morgan fingerprint density at radius 3 is 2.41 bits per heavy atom. The number of hydrogen-bond donors (Lipinski definition) is 5.